The minimum atomic E-state index is 0.0387. The molecule has 2 aliphatic rings. The smallest absolute Gasteiger partial charge is 0.224 e. The molecule has 1 aliphatic heterocycles. The van der Waals surface area contributed by atoms with Gasteiger partial charge in [-0.1, -0.05) is 69.4 Å². The maximum Gasteiger partial charge on any atom is 0.224 e. The number of fused-ring (bicyclic) bond motifs is 3. The minimum Gasteiger partial charge on any atom is -0.326 e. The molecule has 0 fully saturated rings. The van der Waals surface area contributed by atoms with Gasteiger partial charge in [0.2, 0.25) is 5.91 Å². The van der Waals surface area contributed by atoms with Crippen molar-refractivity contribution in [2.45, 2.75) is 96.9 Å². The van der Waals surface area contributed by atoms with E-state index in [1.165, 1.54) is 49.7 Å². The van der Waals surface area contributed by atoms with Crippen LogP contribution in [0, 0.1) is 12.8 Å². The van der Waals surface area contributed by atoms with Crippen LogP contribution in [0.2, 0.25) is 0 Å². The molecule has 2 N–H and O–H groups in total. The number of hydrogen-bond donors (Lipinski definition) is 2. The Morgan fingerprint density at radius 3 is 2.54 bits per heavy atom. The number of aryl methyl sites for hydroxylation is 1. The van der Waals surface area contributed by atoms with Crippen LogP contribution in [0.1, 0.15) is 97.3 Å². The molecule has 1 amide bonds. The van der Waals surface area contributed by atoms with Gasteiger partial charge >= 0.3 is 0 Å². The van der Waals surface area contributed by atoms with Crippen molar-refractivity contribution in [3.05, 3.63) is 64.2 Å². The number of carbonyl (C=O) groups excluding carboxylic acids is 2. The van der Waals surface area contributed by atoms with Crippen LogP contribution in [0.3, 0.4) is 0 Å². The molecule has 0 spiro atoms. The Bertz CT molecular complexity index is 1010. The molecule has 4 nitrogen and oxygen atoms in total. The third kappa shape index (κ3) is 6.61. The molecule has 0 aromatic heterocycles. The number of ketones is 1. The predicted octanol–water partition coefficient (Wildman–Crippen LogP) is 6.58. The molecule has 0 saturated carbocycles. The van der Waals surface area contributed by atoms with Gasteiger partial charge in [-0.2, -0.15) is 0 Å². The van der Waals surface area contributed by atoms with E-state index < -0.39 is 0 Å². The fourth-order valence-electron chi connectivity index (χ4n) is 5.92. The van der Waals surface area contributed by atoms with Gasteiger partial charge < -0.3 is 10.6 Å². The van der Waals surface area contributed by atoms with Gasteiger partial charge in [0.25, 0.3) is 0 Å². The van der Waals surface area contributed by atoms with E-state index in [9.17, 15) is 9.59 Å². The average Bonchev–Trinajstić information content (AvgIpc) is 2.85. The summed E-state index contributed by atoms with van der Waals surface area (Å²) in [7, 11) is 0. The van der Waals surface area contributed by atoms with Crippen LogP contribution in [0.4, 0.5) is 5.69 Å². The largest absolute Gasteiger partial charge is 0.326 e. The highest BCUT2D eigenvalue weighted by Crippen LogP contribution is 2.38. The van der Waals surface area contributed by atoms with Crippen molar-refractivity contribution in [1.82, 2.24) is 5.32 Å². The zero-order chi connectivity index (χ0) is 24.6. The molecule has 0 saturated heterocycles. The van der Waals surface area contributed by atoms with Crippen molar-refractivity contribution in [2.75, 3.05) is 11.9 Å². The number of unbranched alkanes of at least 4 members (excludes halogenated alkanes) is 5. The lowest BCUT2D eigenvalue weighted by Crippen LogP contribution is -2.37. The Morgan fingerprint density at radius 2 is 1.74 bits per heavy atom. The summed E-state index contributed by atoms with van der Waals surface area (Å²) in [6.07, 6.45) is 12.6. The highest BCUT2D eigenvalue weighted by atomic mass is 16.1. The Kier molecular flexibility index (Phi) is 9.14. The summed E-state index contributed by atoms with van der Waals surface area (Å²) >= 11 is 0. The molecular weight excluding hydrogens is 432 g/mol. The second-order valence-electron chi connectivity index (χ2n) is 10.6. The standard InChI is InChI=1S/C31H42N2O2/c1-3-4-5-6-7-11-18-32-25(20-23-12-9-8-10-13-23)21-24-14-15-26-22(2)19-28-27(30(26)31(24)35)16-17-29(34)33-28/h8-10,12-13,19,24-25,32H,3-7,11,14-18,20-21H2,1-2H3,(H,33,34). The third-order valence-corrected chi connectivity index (χ3v) is 7.86. The predicted molar refractivity (Wildman–Crippen MR) is 144 cm³/mol. The van der Waals surface area contributed by atoms with Gasteiger partial charge in [-0.25, -0.2) is 0 Å². The number of nitrogens with one attached hydrogen (secondary N) is 2. The maximum atomic E-state index is 13.8. The van der Waals surface area contributed by atoms with E-state index in [2.05, 4.69) is 60.9 Å². The van der Waals surface area contributed by atoms with E-state index in [-0.39, 0.29) is 11.8 Å². The van der Waals surface area contributed by atoms with E-state index >= 15 is 0 Å². The zero-order valence-electron chi connectivity index (χ0n) is 21.6. The molecule has 0 bridgehead atoms. The molecule has 188 valence electrons. The van der Waals surface area contributed by atoms with Gasteiger partial charge in [0, 0.05) is 29.6 Å². The molecule has 2 aromatic rings. The van der Waals surface area contributed by atoms with Crippen molar-refractivity contribution in [3.63, 3.8) is 0 Å². The van der Waals surface area contributed by atoms with E-state index in [1.807, 2.05) is 0 Å². The number of rotatable bonds is 12. The Hall–Kier alpha value is -2.46. The number of Topliss-reactive ketones (excluding diaryl/α,β-unsaturated/α-hetero) is 1. The fraction of sp³-hybridized carbons (Fsp3) is 0.548. The lowest BCUT2D eigenvalue weighted by molar-refractivity contribution is -0.116. The van der Waals surface area contributed by atoms with Crippen molar-refractivity contribution in [1.29, 1.82) is 0 Å². The summed E-state index contributed by atoms with van der Waals surface area (Å²) in [4.78, 5) is 25.8. The van der Waals surface area contributed by atoms with Gasteiger partial charge in [0.15, 0.2) is 5.78 Å². The topological polar surface area (TPSA) is 58.2 Å². The van der Waals surface area contributed by atoms with Crippen molar-refractivity contribution in [3.8, 4) is 0 Å². The highest BCUT2D eigenvalue weighted by molar-refractivity contribution is 6.05. The molecule has 1 heterocycles. The Balaban J connectivity index is 1.45. The van der Waals surface area contributed by atoms with Crippen molar-refractivity contribution in [2.24, 2.45) is 5.92 Å². The normalized spacial score (nSPS) is 18.1. The van der Waals surface area contributed by atoms with Gasteiger partial charge in [0.05, 0.1) is 0 Å². The summed E-state index contributed by atoms with van der Waals surface area (Å²) in [6, 6.07) is 13.0. The Morgan fingerprint density at radius 1 is 0.971 bits per heavy atom. The van der Waals surface area contributed by atoms with Crippen molar-refractivity contribution < 1.29 is 9.59 Å². The second-order valence-corrected chi connectivity index (χ2v) is 10.6. The molecule has 2 unspecified atom stereocenters. The van der Waals surface area contributed by atoms with E-state index in [0.717, 1.165) is 54.6 Å². The maximum absolute atomic E-state index is 13.8. The molecule has 35 heavy (non-hydrogen) atoms. The van der Waals surface area contributed by atoms with Gasteiger partial charge in [0.1, 0.15) is 0 Å². The summed E-state index contributed by atoms with van der Waals surface area (Å²) in [5.41, 5.74) is 6.52. The lowest BCUT2D eigenvalue weighted by atomic mass is 9.74. The highest BCUT2D eigenvalue weighted by Gasteiger charge is 2.34. The van der Waals surface area contributed by atoms with Gasteiger partial charge in [-0.3, -0.25) is 9.59 Å². The number of amides is 1. The first-order valence-electron chi connectivity index (χ1n) is 13.8. The zero-order valence-corrected chi connectivity index (χ0v) is 21.6. The first-order valence-corrected chi connectivity index (χ1v) is 13.8. The van der Waals surface area contributed by atoms with Crippen LogP contribution in [-0.4, -0.2) is 24.3 Å². The number of carbonyl (C=O) groups is 2. The SMILES string of the molecule is CCCCCCCCNC(Cc1ccccc1)CC1CCc2c(C)cc3c(c2C1=O)CCC(=O)N3. The minimum absolute atomic E-state index is 0.0387. The molecule has 4 rings (SSSR count). The van der Waals surface area contributed by atoms with Crippen LogP contribution in [0.25, 0.3) is 0 Å². The van der Waals surface area contributed by atoms with E-state index in [1.54, 1.807) is 0 Å². The van der Waals surface area contributed by atoms with Crippen molar-refractivity contribution >= 4 is 17.4 Å². The Labute approximate surface area is 211 Å². The molecule has 4 heteroatoms. The monoisotopic (exact) mass is 474 g/mol. The summed E-state index contributed by atoms with van der Waals surface area (Å²) < 4.78 is 0. The number of hydrogen-bond acceptors (Lipinski definition) is 3. The molecule has 0 radical (unpaired) electrons. The van der Waals surface area contributed by atoms with E-state index in [0.29, 0.717) is 24.7 Å². The van der Waals surface area contributed by atoms with Gasteiger partial charge in [-0.05, 0) is 80.3 Å². The van der Waals surface area contributed by atoms with Gasteiger partial charge in [-0.15, -0.1) is 0 Å². The van der Waals surface area contributed by atoms with Crippen LogP contribution in [0.5, 0.6) is 0 Å². The number of anilines is 1. The molecule has 2 atom stereocenters. The number of benzene rings is 2. The van der Waals surface area contributed by atoms with Crippen LogP contribution in [0.15, 0.2) is 36.4 Å². The third-order valence-electron chi connectivity index (χ3n) is 7.86. The van der Waals surface area contributed by atoms with E-state index in [4.69, 9.17) is 0 Å². The molecular formula is C31H42N2O2. The summed E-state index contributed by atoms with van der Waals surface area (Å²) in [5.74, 6) is 0.386. The second kappa shape index (κ2) is 12.5. The molecule has 1 aliphatic carbocycles. The molecule has 2 aromatic carbocycles. The quantitative estimate of drug-likeness (QED) is 0.342. The van der Waals surface area contributed by atoms with Crippen LogP contribution < -0.4 is 10.6 Å². The van der Waals surface area contributed by atoms with Crippen LogP contribution in [-0.2, 0) is 24.1 Å². The average molecular weight is 475 g/mol. The first kappa shape index (κ1) is 25.6. The van der Waals surface area contributed by atoms with Crippen LogP contribution >= 0.6 is 0 Å². The lowest BCUT2D eigenvalue weighted by Gasteiger charge is -2.32. The summed E-state index contributed by atoms with van der Waals surface area (Å²) in [5, 5.41) is 6.83. The summed E-state index contributed by atoms with van der Waals surface area (Å²) in [6.45, 7) is 5.35. The first-order chi connectivity index (χ1) is 17.1. The fourth-order valence-corrected chi connectivity index (χ4v) is 5.92.